The zero-order valence-electron chi connectivity index (χ0n) is 14.6. The molecule has 0 bridgehead atoms. The number of fused-ring (bicyclic) bond motifs is 1. The van der Waals surface area contributed by atoms with Crippen molar-refractivity contribution in [2.24, 2.45) is 15.1 Å². The van der Waals surface area contributed by atoms with E-state index in [1.54, 1.807) is 0 Å². The molecule has 28 heavy (non-hydrogen) atoms. The predicted octanol–water partition coefficient (Wildman–Crippen LogP) is 4.49. The Labute approximate surface area is 163 Å². The molecule has 9 heteroatoms. The molecule has 2 unspecified atom stereocenters. The van der Waals surface area contributed by atoms with Crippen LogP contribution in [0.2, 0.25) is 0 Å². The molecule has 2 aliphatic rings. The Morgan fingerprint density at radius 2 is 1.75 bits per heavy atom. The monoisotopic (exact) mass is 404 g/mol. The fraction of sp³-hybridized carbons (Fsp3) is 0.105. The number of hydrogen-bond acceptors (Lipinski definition) is 4. The normalized spacial score (nSPS) is 21.5. The minimum Gasteiger partial charge on any atom is -0.330 e. The summed E-state index contributed by atoms with van der Waals surface area (Å²) in [6.07, 6.45) is 2.46. The molecule has 2 aliphatic heterocycles. The van der Waals surface area contributed by atoms with Crippen LogP contribution in [0.1, 0.15) is 24.1 Å². The maximum Gasteiger partial charge on any atom is 0.383 e. The van der Waals surface area contributed by atoms with Gasteiger partial charge in [-0.25, -0.2) is 13.2 Å². The number of allylic oxidation sites excluding steroid dienone is 1. The summed E-state index contributed by atoms with van der Waals surface area (Å²) in [7, 11) is 0. The summed E-state index contributed by atoms with van der Waals surface area (Å²) >= 11 is 6.61. The summed E-state index contributed by atoms with van der Waals surface area (Å²) in [6.45, 7) is 1.86. The Bertz CT molecular complexity index is 1040. The van der Waals surface area contributed by atoms with E-state index in [9.17, 15) is 13.2 Å². The first-order chi connectivity index (χ1) is 13.4. The minimum absolute atomic E-state index is 0.0192. The summed E-state index contributed by atoms with van der Waals surface area (Å²) in [5.74, 6) is -2.88. The third kappa shape index (κ3) is 3.00. The van der Waals surface area contributed by atoms with Crippen LogP contribution in [0.25, 0.3) is 5.57 Å². The van der Waals surface area contributed by atoms with Gasteiger partial charge in [-0.2, -0.15) is 9.98 Å². The van der Waals surface area contributed by atoms with Gasteiger partial charge in [0.25, 0.3) is 5.82 Å². The molecule has 2 aromatic carbocycles. The SMILES string of the molecule is CC(NC1=C(c2c(F)cc(F)cc2F)C=NC2=NC=N[N+]21Cl)c1ccccc1. The van der Waals surface area contributed by atoms with Gasteiger partial charge in [-0.15, -0.1) is 0 Å². The number of nitrogens with zero attached hydrogens (tertiary/aromatic N) is 4. The van der Waals surface area contributed by atoms with E-state index in [1.807, 2.05) is 37.3 Å². The van der Waals surface area contributed by atoms with Crippen LogP contribution in [0.3, 0.4) is 0 Å². The molecule has 0 aromatic heterocycles. The van der Waals surface area contributed by atoms with Crippen LogP contribution in [0.4, 0.5) is 13.2 Å². The van der Waals surface area contributed by atoms with Crippen LogP contribution < -0.4 is 5.32 Å². The molecule has 0 aliphatic carbocycles. The molecule has 0 fully saturated rings. The Morgan fingerprint density at radius 3 is 2.43 bits per heavy atom. The van der Waals surface area contributed by atoms with Gasteiger partial charge in [0.05, 0.1) is 23.4 Å². The quantitative estimate of drug-likeness (QED) is 0.750. The Morgan fingerprint density at radius 1 is 1.07 bits per heavy atom. The van der Waals surface area contributed by atoms with Gasteiger partial charge >= 0.3 is 5.96 Å². The maximum absolute atomic E-state index is 14.5. The summed E-state index contributed by atoms with van der Waals surface area (Å²) in [5, 5.41) is 7.26. The number of quaternary nitrogens is 1. The molecule has 2 aromatic rings. The average Bonchev–Trinajstić information content (AvgIpc) is 3.05. The molecule has 142 valence electrons. The van der Waals surface area contributed by atoms with Gasteiger partial charge in [-0.05, 0) is 17.6 Å². The minimum atomic E-state index is -1.07. The van der Waals surface area contributed by atoms with Gasteiger partial charge in [0, 0.05) is 16.2 Å². The lowest BCUT2D eigenvalue weighted by atomic mass is 10.0. The van der Waals surface area contributed by atoms with Crippen molar-refractivity contribution in [3.8, 4) is 0 Å². The Hall–Kier alpha value is -2.97. The summed E-state index contributed by atoms with van der Waals surface area (Å²) < 4.78 is 41.6. The first-order valence-electron chi connectivity index (χ1n) is 8.36. The summed E-state index contributed by atoms with van der Waals surface area (Å²) in [4.78, 5) is 8.06. The molecule has 0 amide bonds. The Balaban J connectivity index is 1.88. The molecule has 2 atom stereocenters. The molecule has 1 N–H and O–H groups in total. The van der Waals surface area contributed by atoms with Crippen LogP contribution in [0.5, 0.6) is 0 Å². The van der Waals surface area contributed by atoms with Crippen LogP contribution >= 0.6 is 11.8 Å². The molecule has 0 saturated heterocycles. The summed E-state index contributed by atoms with van der Waals surface area (Å²) in [5.41, 5.74) is 0.486. The molecule has 0 saturated carbocycles. The van der Waals surface area contributed by atoms with E-state index in [1.165, 1.54) is 12.6 Å². The lowest BCUT2D eigenvalue weighted by molar-refractivity contribution is -0.684. The highest BCUT2D eigenvalue weighted by molar-refractivity contribution is 6.22. The standard InChI is InChI=1S/C19H14ClF3N5/c1-11(12-5-3-2-4-6-12)27-18-14(9-24-19-25-10-26-28(18,19)20)17-15(22)7-13(21)8-16(17)23/h2-11,27H,1H3/q+1. The van der Waals surface area contributed by atoms with E-state index in [2.05, 4.69) is 20.4 Å². The second kappa shape index (κ2) is 6.88. The highest BCUT2D eigenvalue weighted by Crippen LogP contribution is 2.37. The topological polar surface area (TPSA) is 49.1 Å². The third-order valence-electron chi connectivity index (χ3n) is 4.44. The highest BCUT2D eigenvalue weighted by Gasteiger charge is 2.48. The van der Waals surface area contributed by atoms with Gasteiger partial charge in [0.1, 0.15) is 17.5 Å². The van der Waals surface area contributed by atoms with Crippen molar-refractivity contribution in [3.05, 3.63) is 76.9 Å². The zero-order valence-corrected chi connectivity index (χ0v) is 15.3. The highest BCUT2D eigenvalue weighted by atomic mass is 35.5. The van der Waals surface area contributed by atoms with E-state index >= 15 is 0 Å². The number of halogens is 4. The zero-order chi connectivity index (χ0) is 19.9. The van der Waals surface area contributed by atoms with Gasteiger partial charge < -0.3 is 5.32 Å². The van der Waals surface area contributed by atoms with Crippen molar-refractivity contribution in [2.45, 2.75) is 13.0 Å². The fourth-order valence-electron chi connectivity index (χ4n) is 3.06. The van der Waals surface area contributed by atoms with Crippen LogP contribution in [-0.4, -0.2) is 22.6 Å². The molecule has 5 nitrogen and oxygen atoms in total. The van der Waals surface area contributed by atoms with Gasteiger partial charge in [0.15, 0.2) is 6.34 Å². The number of aliphatic imine (C=N–C) groups is 2. The number of rotatable bonds is 4. The first-order valence-corrected chi connectivity index (χ1v) is 8.70. The number of guanidine groups is 1. The lowest BCUT2D eigenvalue weighted by Gasteiger charge is -2.27. The van der Waals surface area contributed by atoms with Gasteiger partial charge in [0.2, 0.25) is 11.8 Å². The largest absolute Gasteiger partial charge is 0.383 e. The van der Waals surface area contributed by atoms with E-state index in [4.69, 9.17) is 11.8 Å². The first kappa shape index (κ1) is 18.4. The van der Waals surface area contributed by atoms with Crippen LogP contribution in [0.15, 0.2) is 63.4 Å². The van der Waals surface area contributed by atoms with E-state index < -0.39 is 27.1 Å². The molecule has 0 radical (unpaired) electrons. The van der Waals surface area contributed by atoms with Crippen molar-refractivity contribution < 1.29 is 17.3 Å². The number of benzene rings is 2. The summed E-state index contributed by atoms with van der Waals surface area (Å²) in [6, 6.07) is 10.3. The Kier molecular flexibility index (Phi) is 4.52. The van der Waals surface area contributed by atoms with E-state index in [0.717, 1.165) is 5.56 Å². The molecule has 4 rings (SSSR count). The van der Waals surface area contributed by atoms with Crippen molar-refractivity contribution >= 4 is 35.9 Å². The molecular weight excluding hydrogens is 391 g/mol. The smallest absolute Gasteiger partial charge is 0.330 e. The van der Waals surface area contributed by atoms with Crippen LogP contribution in [0, 0.1) is 17.5 Å². The van der Waals surface area contributed by atoms with E-state index in [-0.39, 0.29) is 23.4 Å². The second-order valence-corrected chi connectivity index (χ2v) is 6.75. The lowest BCUT2D eigenvalue weighted by Crippen LogP contribution is -2.44. The molecule has 2 heterocycles. The molecule has 0 spiro atoms. The number of hydrogen-bond donors (Lipinski definition) is 1. The van der Waals surface area contributed by atoms with Crippen LogP contribution in [-0.2, 0) is 0 Å². The predicted molar refractivity (Wildman–Crippen MR) is 102 cm³/mol. The molecular formula is C19H14ClF3N5+. The maximum atomic E-state index is 14.5. The average molecular weight is 405 g/mol. The van der Waals surface area contributed by atoms with E-state index in [0.29, 0.717) is 12.1 Å². The van der Waals surface area contributed by atoms with Crippen molar-refractivity contribution in [1.29, 1.82) is 0 Å². The van der Waals surface area contributed by atoms with Gasteiger partial charge in [-0.3, -0.25) is 0 Å². The number of nitrogens with one attached hydrogen (secondary N) is 1. The fourth-order valence-corrected chi connectivity index (χ4v) is 3.33. The van der Waals surface area contributed by atoms with Crippen molar-refractivity contribution in [1.82, 2.24) is 5.32 Å². The second-order valence-electron chi connectivity index (χ2n) is 6.26. The van der Waals surface area contributed by atoms with Crippen molar-refractivity contribution in [3.63, 3.8) is 0 Å². The third-order valence-corrected chi connectivity index (χ3v) is 4.85. The van der Waals surface area contributed by atoms with Gasteiger partial charge in [-0.1, -0.05) is 30.3 Å². The van der Waals surface area contributed by atoms with Crippen molar-refractivity contribution in [2.75, 3.05) is 0 Å².